The summed E-state index contributed by atoms with van der Waals surface area (Å²) < 4.78 is 33.1. The van der Waals surface area contributed by atoms with E-state index >= 15 is 0 Å². The maximum Gasteiger partial charge on any atom is 0.323 e. The third kappa shape index (κ3) is 2.48. The van der Waals surface area contributed by atoms with E-state index in [1.54, 1.807) is 0 Å². The standard InChI is InChI=1S/C12H6ClFN4O3/c13-6-3-7(14)5-8(4-6)15-10-2-1-9-11(17-21-16-9)12(10)18(19)20/h1-5,15H/i1T,3T. The highest BCUT2D eigenvalue weighted by molar-refractivity contribution is 6.30. The Morgan fingerprint density at radius 3 is 3.00 bits per heavy atom. The van der Waals surface area contributed by atoms with Gasteiger partial charge in [-0.3, -0.25) is 10.1 Å². The zero-order valence-electron chi connectivity index (χ0n) is 12.1. The zero-order valence-corrected chi connectivity index (χ0v) is 10.8. The van der Waals surface area contributed by atoms with Crippen molar-refractivity contribution in [3.8, 4) is 0 Å². The van der Waals surface area contributed by atoms with Crippen LogP contribution in [0.2, 0.25) is 5.02 Å². The summed E-state index contributed by atoms with van der Waals surface area (Å²) in [6, 6.07) is 2.71. The molecule has 0 saturated heterocycles. The van der Waals surface area contributed by atoms with E-state index in [2.05, 4.69) is 20.3 Å². The van der Waals surface area contributed by atoms with E-state index < -0.39 is 22.5 Å². The van der Waals surface area contributed by atoms with Crippen molar-refractivity contribution in [3.63, 3.8) is 0 Å². The van der Waals surface area contributed by atoms with Gasteiger partial charge in [-0.1, -0.05) is 11.6 Å². The quantitative estimate of drug-likeness (QED) is 0.585. The van der Waals surface area contributed by atoms with E-state index in [4.69, 9.17) is 14.3 Å². The van der Waals surface area contributed by atoms with Crippen LogP contribution in [-0.4, -0.2) is 15.2 Å². The first-order valence-corrected chi connectivity index (χ1v) is 5.89. The van der Waals surface area contributed by atoms with Crippen LogP contribution in [0.15, 0.2) is 34.9 Å². The summed E-state index contributed by atoms with van der Waals surface area (Å²) in [5.74, 6) is -0.891. The van der Waals surface area contributed by atoms with Gasteiger partial charge in [0.25, 0.3) is 0 Å². The molecule has 0 atom stereocenters. The summed E-state index contributed by atoms with van der Waals surface area (Å²) in [6.07, 6.45) is 0. The maximum absolute atomic E-state index is 13.6. The molecule has 3 rings (SSSR count). The van der Waals surface area contributed by atoms with Gasteiger partial charge in [-0.25, -0.2) is 9.02 Å². The SMILES string of the molecule is [3H]c1c(F)cc(Nc2cc([3H])c3nonc3c2[N+](=O)[O-])cc1Cl. The number of anilines is 2. The van der Waals surface area contributed by atoms with Crippen LogP contribution < -0.4 is 5.32 Å². The van der Waals surface area contributed by atoms with Gasteiger partial charge in [0.15, 0.2) is 0 Å². The largest absolute Gasteiger partial charge is 0.350 e. The highest BCUT2D eigenvalue weighted by Crippen LogP contribution is 2.34. The van der Waals surface area contributed by atoms with E-state index in [0.717, 1.165) is 12.1 Å². The highest BCUT2D eigenvalue weighted by atomic mass is 35.5. The van der Waals surface area contributed by atoms with Gasteiger partial charge in [0.2, 0.25) is 5.52 Å². The molecule has 0 aliphatic rings. The summed E-state index contributed by atoms with van der Waals surface area (Å²) in [7, 11) is 0. The van der Waals surface area contributed by atoms with Gasteiger partial charge < -0.3 is 5.32 Å². The molecular formula is C12H6ClFN4O3. The number of rotatable bonds is 3. The number of benzene rings is 2. The lowest BCUT2D eigenvalue weighted by Crippen LogP contribution is -1.98. The highest BCUT2D eigenvalue weighted by Gasteiger charge is 2.22. The number of halogens is 2. The minimum absolute atomic E-state index is 0.0621. The van der Waals surface area contributed by atoms with Crippen LogP contribution in [0.3, 0.4) is 0 Å². The zero-order chi connectivity index (χ0) is 16.7. The lowest BCUT2D eigenvalue weighted by atomic mass is 10.2. The van der Waals surface area contributed by atoms with Crippen LogP contribution >= 0.6 is 11.6 Å². The van der Waals surface area contributed by atoms with Gasteiger partial charge >= 0.3 is 5.69 Å². The maximum atomic E-state index is 13.6. The molecule has 1 heterocycles. The molecule has 0 aliphatic heterocycles. The van der Waals surface area contributed by atoms with E-state index in [1.807, 2.05) is 0 Å². The third-order valence-corrected chi connectivity index (χ3v) is 2.79. The summed E-state index contributed by atoms with van der Waals surface area (Å²) >= 11 is 5.72. The molecule has 0 fully saturated rings. The molecule has 21 heavy (non-hydrogen) atoms. The van der Waals surface area contributed by atoms with Crippen LogP contribution in [0.1, 0.15) is 2.74 Å². The van der Waals surface area contributed by atoms with Crippen molar-refractivity contribution >= 4 is 39.7 Å². The monoisotopic (exact) mass is 312 g/mol. The average molecular weight is 313 g/mol. The smallest absolute Gasteiger partial charge is 0.323 e. The Balaban J connectivity index is 2.16. The van der Waals surface area contributed by atoms with Crippen LogP contribution in [0.5, 0.6) is 0 Å². The van der Waals surface area contributed by atoms with Gasteiger partial charge in [0.05, 0.1) is 7.66 Å². The Bertz CT molecular complexity index is 926. The van der Waals surface area contributed by atoms with E-state index in [0.29, 0.717) is 0 Å². The minimum Gasteiger partial charge on any atom is -0.350 e. The Labute approximate surface area is 124 Å². The number of nitro benzene ring substituents is 1. The number of nitrogens with zero attached hydrogens (tertiary/aromatic N) is 3. The molecule has 0 unspecified atom stereocenters. The molecular weight excluding hydrogens is 303 g/mol. The summed E-state index contributed by atoms with van der Waals surface area (Å²) in [5, 5.41) is 20.6. The van der Waals surface area contributed by atoms with Crippen molar-refractivity contribution in [2.75, 3.05) is 5.32 Å². The fourth-order valence-electron chi connectivity index (χ4n) is 1.78. The number of nitrogens with one attached hydrogen (secondary N) is 1. The number of nitro groups is 1. The van der Waals surface area contributed by atoms with Gasteiger partial charge in [0, 0.05) is 10.7 Å². The fourth-order valence-corrected chi connectivity index (χ4v) is 1.99. The van der Waals surface area contributed by atoms with Gasteiger partial charge in [0.1, 0.15) is 17.0 Å². The van der Waals surface area contributed by atoms with Gasteiger partial charge in [-0.2, -0.15) is 0 Å². The minimum atomic E-state index is -0.891. The van der Waals surface area contributed by atoms with Crippen molar-refractivity contribution in [1.82, 2.24) is 10.3 Å². The first-order valence-electron chi connectivity index (χ1n) is 6.51. The Kier molecular flexibility index (Phi) is 2.61. The molecule has 9 heteroatoms. The molecule has 1 aromatic heterocycles. The summed E-state index contributed by atoms with van der Waals surface area (Å²) in [5.41, 5.74) is -0.747. The van der Waals surface area contributed by atoms with Crippen LogP contribution in [0, 0.1) is 15.9 Å². The predicted molar refractivity (Wildman–Crippen MR) is 73.2 cm³/mol. The Hall–Kier alpha value is -2.74. The molecule has 7 nitrogen and oxygen atoms in total. The average Bonchev–Trinajstić information content (AvgIpc) is 2.94. The normalized spacial score (nSPS) is 12.1. The van der Waals surface area contributed by atoms with Crippen molar-refractivity contribution in [2.24, 2.45) is 0 Å². The first-order chi connectivity index (χ1) is 10.9. The fraction of sp³-hybridized carbons (Fsp3) is 0. The van der Waals surface area contributed by atoms with Crippen LogP contribution in [-0.2, 0) is 0 Å². The van der Waals surface area contributed by atoms with Crippen molar-refractivity contribution < 1.29 is 16.7 Å². The number of fused-ring (bicyclic) bond motifs is 1. The molecule has 0 bridgehead atoms. The molecule has 3 aromatic rings. The van der Waals surface area contributed by atoms with Crippen molar-refractivity contribution in [2.45, 2.75) is 0 Å². The lowest BCUT2D eigenvalue weighted by Gasteiger charge is -2.07. The van der Waals surface area contributed by atoms with Crippen LogP contribution in [0.25, 0.3) is 11.0 Å². The molecule has 0 aliphatic carbocycles. The Morgan fingerprint density at radius 2 is 2.29 bits per heavy atom. The second-order valence-electron chi connectivity index (χ2n) is 3.96. The van der Waals surface area contributed by atoms with Crippen molar-refractivity contribution in [3.05, 3.63) is 51.2 Å². The number of hydrogen-bond donors (Lipinski definition) is 1. The molecule has 2 aromatic carbocycles. The third-order valence-electron chi connectivity index (χ3n) is 2.59. The van der Waals surface area contributed by atoms with E-state index in [1.165, 1.54) is 6.07 Å². The predicted octanol–water partition coefficient (Wildman–Crippen LogP) is 3.67. The number of hydrogen-bond acceptors (Lipinski definition) is 6. The van der Waals surface area contributed by atoms with Crippen molar-refractivity contribution in [1.29, 1.82) is 0 Å². The Morgan fingerprint density at radius 1 is 1.48 bits per heavy atom. The van der Waals surface area contributed by atoms with Gasteiger partial charge in [-0.05, 0) is 40.6 Å². The number of aromatic nitrogens is 2. The second kappa shape index (κ2) is 4.98. The second-order valence-corrected chi connectivity index (χ2v) is 4.37. The topological polar surface area (TPSA) is 94.1 Å². The molecule has 0 amide bonds. The first kappa shape index (κ1) is 11.0. The van der Waals surface area contributed by atoms with E-state index in [-0.39, 0.29) is 33.5 Å². The van der Waals surface area contributed by atoms with Crippen LogP contribution in [0.4, 0.5) is 21.5 Å². The lowest BCUT2D eigenvalue weighted by molar-refractivity contribution is -0.382. The molecule has 0 radical (unpaired) electrons. The molecule has 106 valence electrons. The van der Waals surface area contributed by atoms with E-state index in [9.17, 15) is 14.5 Å². The summed E-state index contributed by atoms with van der Waals surface area (Å²) in [6.45, 7) is 0. The molecule has 1 N–H and O–H groups in total. The van der Waals surface area contributed by atoms with Gasteiger partial charge in [-0.15, -0.1) is 0 Å². The summed E-state index contributed by atoms with van der Waals surface area (Å²) in [4.78, 5) is 10.6. The molecule has 0 spiro atoms. The molecule has 0 saturated carbocycles.